The van der Waals surface area contributed by atoms with E-state index in [1.54, 1.807) is 12.2 Å². The normalized spacial score (nSPS) is 16.3. The van der Waals surface area contributed by atoms with E-state index in [-0.39, 0.29) is 48.1 Å². The van der Waals surface area contributed by atoms with Crippen LogP contribution >= 0.6 is 11.8 Å². The Kier molecular flexibility index (Phi) is 9.69. The second-order valence-corrected chi connectivity index (χ2v) is 9.84. The van der Waals surface area contributed by atoms with Crippen molar-refractivity contribution in [1.29, 1.82) is 0 Å². The van der Waals surface area contributed by atoms with Gasteiger partial charge in [-0.25, -0.2) is 14.2 Å². The van der Waals surface area contributed by atoms with Crippen molar-refractivity contribution in [2.45, 2.75) is 35.9 Å². The highest BCUT2D eigenvalue weighted by atomic mass is 32.2. The van der Waals surface area contributed by atoms with Gasteiger partial charge in [0.05, 0.1) is 29.6 Å². The smallest absolute Gasteiger partial charge is 0.447 e. The van der Waals surface area contributed by atoms with Gasteiger partial charge in [0.25, 0.3) is 16.8 Å². The number of pyridine rings is 1. The van der Waals surface area contributed by atoms with E-state index in [1.807, 2.05) is 0 Å². The van der Waals surface area contributed by atoms with Gasteiger partial charge in [-0.1, -0.05) is 0 Å². The number of cyclic esters (lactones) is 1. The molecule has 1 aliphatic rings. The van der Waals surface area contributed by atoms with Crippen LogP contribution in [0.5, 0.6) is 0 Å². The monoisotopic (exact) mass is 646 g/mol. The molecule has 3 rings (SSSR count). The first-order chi connectivity index (χ1) is 19.9. The topological polar surface area (TPSA) is 170 Å². The Balaban J connectivity index is 1.83. The lowest BCUT2D eigenvalue weighted by Crippen LogP contribution is -2.88. The number of rotatable bonds is 9. The first kappa shape index (κ1) is 33.2. The maximum atomic E-state index is 14.5. The highest BCUT2D eigenvalue weighted by molar-refractivity contribution is 8.13. The van der Waals surface area contributed by atoms with Crippen LogP contribution in [0.25, 0.3) is 0 Å². The molecule has 1 atom stereocenters. The molecule has 1 aromatic carbocycles. The lowest BCUT2D eigenvalue weighted by atomic mass is 10.0. The number of halogens is 8. The standard InChI is InChI=1S/C22H19F8N7O5S/c1-10-9-42-19(39)36(10)5-4-32-18(35-31)43-15-3-2-12(37(40)41)7-13(15)17(38)34-16-14(23)6-11(8-33-16)20(24,25)21(26,27)22(28,29)30/h2-3,6-8,10H,4-5,9,31H2,1H3,(H,32,35)(H,33,34,38)/p+1. The van der Waals surface area contributed by atoms with Crippen LogP contribution in [0.15, 0.2) is 40.5 Å². The molecule has 0 spiro atoms. The molecule has 43 heavy (non-hydrogen) atoms. The van der Waals surface area contributed by atoms with Crippen LogP contribution in [0.3, 0.4) is 0 Å². The van der Waals surface area contributed by atoms with E-state index in [2.05, 4.69) is 10.1 Å². The van der Waals surface area contributed by atoms with Gasteiger partial charge in [-0.15, -0.1) is 5.10 Å². The number of carbonyl (C=O) groups excluding carboxylic acids is 2. The molecule has 1 saturated heterocycles. The van der Waals surface area contributed by atoms with Crippen LogP contribution in [0.1, 0.15) is 22.8 Å². The Labute approximate surface area is 239 Å². The average molecular weight is 646 g/mol. The molecule has 0 bridgehead atoms. The zero-order valence-electron chi connectivity index (χ0n) is 21.5. The summed E-state index contributed by atoms with van der Waals surface area (Å²) in [4.78, 5) is 39.5. The molecule has 2 amide bonds. The van der Waals surface area contributed by atoms with Gasteiger partial charge in [0.2, 0.25) is 0 Å². The molecular formula is C22H20F8N7O5S+. The highest BCUT2D eigenvalue weighted by Crippen LogP contribution is 2.51. The lowest BCUT2D eigenvalue weighted by Gasteiger charge is -2.28. The number of quaternary nitrogens is 1. The molecule has 1 aromatic heterocycles. The third-order valence-corrected chi connectivity index (χ3v) is 6.91. The maximum Gasteiger partial charge on any atom is 0.460 e. The minimum Gasteiger partial charge on any atom is -0.447 e. The second kappa shape index (κ2) is 12.5. The number of nitrogens with two attached hydrogens (primary N) is 2. The summed E-state index contributed by atoms with van der Waals surface area (Å²) in [6.07, 6.45) is -7.40. The first-order valence-corrected chi connectivity index (χ1v) is 12.5. The van der Waals surface area contributed by atoms with Gasteiger partial charge in [-0.05, 0) is 30.8 Å². The number of ether oxygens (including phenoxy) is 1. The fourth-order valence-electron chi connectivity index (χ4n) is 3.55. The van der Waals surface area contributed by atoms with Gasteiger partial charge in [-0.2, -0.15) is 30.7 Å². The number of anilines is 1. The van der Waals surface area contributed by atoms with Crippen molar-refractivity contribution in [2.24, 2.45) is 10.9 Å². The number of alkyl halides is 7. The summed E-state index contributed by atoms with van der Waals surface area (Å²) in [5.74, 6) is -11.5. The Hall–Kier alpha value is -4.27. The van der Waals surface area contributed by atoms with Crippen LogP contribution in [-0.2, 0) is 10.7 Å². The van der Waals surface area contributed by atoms with E-state index in [0.29, 0.717) is 0 Å². The number of nitro benzene ring substituents is 1. The number of aromatic nitrogens is 1. The molecule has 2 aromatic rings. The molecule has 1 unspecified atom stereocenters. The average Bonchev–Trinajstić information content (AvgIpc) is 3.24. The molecule has 1 fully saturated rings. The van der Waals surface area contributed by atoms with Crippen molar-refractivity contribution in [3.05, 3.63) is 57.5 Å². The van der Waals surface area contributed by atoms with Gasteiger partial charge in [0.15, 0.2) is 11.6 Å². The minimum absolute atomic E-state index is 0.0362. The molecule has 5 N–H and O–H groups in total. The third-order valence-electron chi connectivity index (χ3n) is 5.85. The molecule has 0 radical (unpaired) electrons. The summed E-state index contributed by atoms with van der Waals surface area (Å²) < 4.78 is 111. The van der Waals surface area contributed by atoms with Gasteiger partial charge in [0.1, 0.15) is 6.61 Å². The van der Waals surface area contributed by atoms with Crippen LogP contribution in [-0.4, -0.2) is 69.8 Å². The third kappa shape index (κ3) is 7.04. The van der Waals surface area contributed by atoms with Crippen LogP contribution in [0.4, 0.5) is 51.4 Å². The molecule has 0 aliphatic carbocycles. The predicted octanol–water partition coefficient (Wildman–Crippen LogP) is 3.40. The summed E-state index contributed by atoms with van der Waals surface area (Å²) in [7, 11) is 0. The number of hydrogen-bond acceptors (Lipinski definition) is 9. The number of carbonyl (C=O) groups is 2. The van der Waals surface area contributed by atoms with Crippen molar-refractivity contribution in [1.82, 2.24) is 9.88 Å². The Morgan fingerprint density at radius 2 is 1.95 bits per heavy atom. The van der Waals surface area contributed by atoms with Gasteiger partial charge in [0, 0.05) is 28.8 Å². The number of amidine groups is 1. The maximum absolute atomic E-state index is 14.5. The van der Waals surface area contributed by atoms with Crippen LogP contribution < -0.4 is 16.5 Å². The second-order valence-electron chi connectivity index (χ2n) is 8.77. The predicted molar refractivity (Wildman–Crippen MR) is 132 cm³/mol. The Morgan fingerprint density at radius 1 is 1.28 bits per heavy atom. The molecule has 1 aliphatic heterocycles. The number of non-ortho nitro benzene ring substituents is 1. The molecule has 21 heteroatoms. The minimum atomic E-state index is -6.68. The summed E-state index contributed by atoms with van der Waals surface area (Å²) >= 11 is 0.722. The molecule has 0 saturated carbocycles. The van der Waals surface area contributed by atoms with E-state index >= 15 is 0 Å². The zero-order valence-corrected chi connectivity index (χ0v) is 22.3. The van der Waals surface area contributed by atoms with E-state index in [0.717, 1.165) is 30.0 Å². The summed E-state index contributed by atoms with van der Waals surface area (Å²) in [6, 6.07) is 2.33. The van der Waals surface area contributed by atoms with Crippen molar-refractivity contribution < 1.29 is 59.7 Å². The number of thioether (sulfide) groups is 1. The van der Waals surface area contributed by atoms with Crippen molar-refractivity contribution in [2.75, 3.05) is 25.0 Å². The summed E-state index contributed by atoms with van der Waals surface area (Å²) in [5, 5.41) is 18.2. The Bertz CT molecular complexity index is 1440. The number of amides is 2. The largest absolute Gasteiger partial charge is 0.460 e. The quantitative estimate of drug-likeness (QED) is 0.0708. The Morgan fingerprint density at radius 3 is 2.49 bits per heavy atom. The number of benzene rings is 1. The van der Waals surface area contributed by atoms with Gasteiger partial charge in [-0.3, -0.25) is 25.1 Å². The highest BCUT2D eigenvalue weighted by Gasteiger charge is 2.73. The number of hydrazone groups is 1. The SMILES string of the molecule is CC1COC(=O)N1CC[NH2+]/C(=N\N)Sc1ccc([N+](=O)[O-])cc1C(=O)Nc1ncc(C(F)(F)C(F)(F)C(F)(F)F)cc1F. The van der Waals surface area contributed by atoms with Crippen LogP contribution in [0, 0.1) is 15.9 Å². The summed E-state index contributed by atoms with van der Waals surface area (Å²) in [5.41, 5.74) is -3.23. The van der Waals surface area contributed by atoms with E-state index in [1.165, 1.54) is 10.2 Å². The summed E-state index contributed by atoms with van der Waals surface area (Å²) in [6.45, 7) is 2.39. The molecule has 12 nitrogen and oxygen atoms in total. The van der Waals surface area contributed by atoms with Gasteiger partial charge < -0.3 is 15.9 Å². The number of nitro groups is 1. The fourth-order valence-corrected chi connectivity index (χ4v) is 4.43. The number of hydrogen-bond donors (Lipinski definition) is 3. The van der Waals surface area contributed by atoms with Crippen molar-refractivity contribution >= 4 is 40.4 Å². The molecule has 234 valence electrons. The number of nitrogens with one attached hydrogen (secondary N) is 1. The number of nitrogens with zero attached hydrogens (tertiary/aromatic N) is 4. The van der Waals surface area contributed by atoms with E-state index in [4.69, 9.17) is 10.6 Å². The molecule has 2 heterocycles. The zero-order chi connectivity index (χ0) is 32.3. The van der Waals surface area contributed by atoms with E-state index in [9.17, 15) is 54.8 Å². The van der Waals surface area contributed by atoms with E-state index < -0.39 is 63.4 Å². The molecular weight excluding hydrogens is 626 g/mol. The lowest BCUT2D eigenvalue weighted by molar-refractivity contribution is -0.534. The fraction of sp³-hybridized carbons (Fsp3) is 0.364. The van der Waals surface area contributed by atoms with Gasteiger partial charge >= 0.3 is 24.1 Å². The van der Waals surface area contributed by atoms with Crippen molar-refractivity contribution in [3.8, 4) is 0 Å². The first-order valence-electron chi connectivity index (χ1n) is 11.7. The van der Waals surface area contributed by atoms with Crippen LogP contribution in [0.2, 0.25) is 0 Å². The van der Waals surface area contributed by atoms with Crippen molar-refractivity contribution in [3.63, 3.8) is 0 Å².